The summed E-state index contributed by atoms with van der Waals surface area (Å²) in [5.74, 6) is 1.52. The van der Waals surface area contributed by atoms with Gasteiger partial charge in [0, 0.05) is 24.1 Å². The van der Waals surface area contributed by atoms with E-state index in [1.165, 1.54) is 4.88 Å². The number of hydrogen-bond donors (Lipinski definition) is 2. The van der Waals surface area contributed by atoms with Crippen LogP contribution in [0.5, 0.6) is 0 Å². The molecule has 0 aliphatic carbocycles. The zero-order valence-electron chi connectivity index (χ0n) is 15.9. The van der Waals surface area contributed by atoms with Crippen molar-refractivity contribution >= 4 is 51.1 Å². The third-order valence-corrected chi connectivity index (χ3v) is 7.59. The number of guanidine groups is 1. The first-order valence-electron chi connectivity index (χ1n) is 9.23. The standard InChI is InChI=1S/C18H29N3O3S2.HI/c1-18(2)10-15(5-7-24-18)21-17(20-12-16-4-3-8-25-16)19-11-14-6-9-26(22,23)13-14;/h3-4,8,14-15H,5-7,9-13H2,1-2H3,(H2,19,20,21);1H. The Labute approximate surface area is 183 Å². The minimum Gasteiger partial charge on any atom is -0.375 e. The number of hydrogen-bond acceptors (Lipinski definition) is 5. The number of sulfone groups is 1. The second-order valence-electron chi connectivity index (χ2n) is 7.84. The van der Waals surface area contributed by atoms with E-state index >= 15 is 0 Å². The Balaban J connectivity index is 0.00000261. The summed E-state index contributed by atoms with van der Waals surface area (Å²) in [6.07, 6.45) is 2.60. The van der Waals surface area contributed by atoms with Crippen LogP contribution >= 0.6 is 35.3 Å². The Bertz CT molecular complexity index is 720. The number of aliphatic imine (C=N–C) groups is 1. The van der Waals surface area contributed by atoms with Gasteiger partial charge in [-0.2, -0.15) is 0 Å². The van der Waals surface area contributed by atoms with E-state index in [1.54, 1.807) is 11.3 Å². The lowest BCUT2D eigenvalue weighted by Gasteiger charge is -2.36. The SMILES string of the molecule is CC1(C)CC(NC(=NCc2cccs2)NCC2CCS(=O)(=O)C2)CCO1.I. The van der Waals surface area contributed by atoms with Gasteiger partial charge in [0.1, 0.15) is 0 Å². The predicted molar refractivity (Wildman–Crippen MR) is 122 cm³/mol. The van der Waals surface area contributed by atoms with Crippen LogP contribution in [-0.2, 0) is 21.1 Å². The molecule has 9 heteroatoms. The highest BCUT2D eigenvalue weighted by molar-refractivity contribution is 14.0. The summed E-state index contributed by atoms with van der Waals surface area (Å²) < 4.78 is 29.1. The predicted octanol–water partition coefficient (Wildman–Crippen LogP) is 2.79. The molecule has 0 bridgehead atoms. The van der Waals surface area contributed by atoms with Gasteiger partial charge < -0.3 is 15.4 Å². The molecule has 1 aromatic rings. The third-order valence-electron chi connectivity index (χ3n) is 4.90. The fourth-order valence-corrected chi connectivity index (χ4v) is 6.02. The van der Waals surface area contributed by atoms with E-state index in [2.05, 4.69) is 35.9 Å². The monoisotopic (exact) mass is 527 g/mol. The minimum absolute atomic E-state index is 0. The largest absolute Gasteiger partial charge is 0.375 e. The summed E-state index contributed by atoms with van der Waals surface area (Å²) in [4.78, 5) is 5.93. The van der Waals surface area contributed by atoms with E-state index in [1.807, 2.05) is 6.07 Å². The van der Waals surface area contributed by atoms with Gasteiger partial charge in [0.25, 0.3) is 0 Å². The minimum atomic E-state index is -2.85. The summed E-state index contributed by atoms with van der Waals surface area (Å²) in [6, 6.07) is 4.41. The number of nitrogens with zero attached hydrogens (tertiary/aromatic N) is 1. The maximum atomic E-state index is 11.7. The van der Waals surface area contributed by atoms with Gasteiger partial charge in [0.2, 0.25) is 0 Å². The molecular weight excluding hydrogens is 497 g/mol. The number of halogens is 1. The lowest BCUT2D eigenvalue weighted by Crippen LogP contribution is -2.50. The van der Waals surface area contributed by atoms with E-state index in [9.17, 15) is 8.42 Å². The zero-order chi connectivity index (χ0) is 18.6. The van der Waals surface area contributed by atoms with Crippen LogP contribution in [0.4, 0.5) is 0 Å². The molecule has 0 aromatic carbocycles. The van der Waals surface area contributed by atoms with Crippen LogP contribution in [0.1, 0.15) is 38.0 Å². The lowest BCUT2D eigenvalue weighted by molar-refractivity contribution is -0.0605. The number of thiophene rings is 1. The van der Waals surface area contributed by atoms with Crippen molar-refractivity contribution in [3.63, 3.8) is 0 Å². The normalized spacial score (nSPS) is 27.0. The average molecular weight is 527 g/mol. The van der Waals surface area contributed by atoms with E-state index < -0.39 is 9.84 Å². The molecular formula is C18H30IN3O3S2. The van der Waals surface area contributed by atoms with Crippen LogP contribution in [0.3, 0.4) is 0 Å². The van der Waals surface area contributed by atoms with E-state index in [0.717, 1.165) is 31.8 Å². The molecule has 2 fully saturated rings. The summed E-state index contributed by atoms with van der Waals surface area (Å²) >= 11 is 1.69. The van der Waals surface area contributed by atoms with Crippen molar-refractivity contribution in [2.45, 2.75) is 51.3 Å². The summed E-state index contributed by atoms with van der Waals surface area (Å²) in [7, 11) is -2.85. The highest BCUT2D eigenvalue weighted by Gasteiger charge is 2.30. The zero-order valence-corrected chi connectivity index (χ0v) is 19.9. The molecule has 154 valence electrons. The fraction of sp³-hybridized carbons (Fsp3) is 0.722. The topological polar surface area (TPSA) is 79.8 Å². The van der Waals surface area contributed by atoms with E-state index in [0.29, 0.717) is 24.9 Å². The molecule has 2 unspecified atom stereocenters. The molecule has 0 radical (unpaired) electrons. The third kappa shape index (κ3) is 7.51. The molecule has 2 saturated heterocycles. The average Bonchev–Trinajstić information content (AvgIpc) is 3.18. The lowest BCUT2D eigenvalue weighted by atomic mass is 9.94. The second kappa shape index (κ2) is 9.89. The molecule has 2 atom stereocenters. The molecule has 3 heterocycles. The Hall–Kier alpha value is -0.390. The summed E-state index contributed by atoms with van der Waals surface area (Å²) in [6.45, 7) is 6.23. The van der Waals surface area contributed by atoms with Crippen molar-refractivity contribution in [2.24, 2.45) is 10.9 Å². The number of rotatable bonds is 5. The molecule has 2 N–H and O–H groups in total. The summed E-state index contributed by atoms with van der Waals surface area (Å²) in [5.41, 5.74) is -0.131. The molecule has 0 spiro atoms. The van der Waals surface area contributed by atoms with Crippen LogP contribution in [-0.4, -0.2) is 50.7 Å². The maximum absolute atomic E-state index is 11.7. The molecule has 0 amide bonds. The van der Waals surface area contributed by atoms with Crippen LogP contribution < -0.4 is 10.6 Å². The van der Waals surface area contributed by atoms with Crippen molar-refractivity contribution in [1.29, 1.82) is 0 Å². The van der Waals surface area contributed by atoms with Crippen molar-refractivity contribution in [3.05, 3.63) is 22.4 Å². The quantitative estimate of drug-likeness (QED) is 0.350. The molecule has 3 rings (SSSR count). The number of ether oxygens (including phenoxy) is 1. The fourth-order valence-electron chi connectivity index (χ4n) is 3.53. The highest BCUT2D eigenvalue weighted by atomic mass is 127. The van der Waals surface area contributed by atoms with Gasteiger partial charge in [-0.3, -0.25) is 0 Å². The van der Waals surface area contributed by atoms with Gasteiger partial charge >= 0.3 is 0 Å². The maximum Gasteiger partial charge on any atom is 0.191 e. The van der Waals surface area contributed by atoms with Gasteiger partial charge in [-0.1, -0.05) is 6.07 Å². The first-order valence-corrected chi connectivity index (χ1v) is 11.9. The molecule has 2 aliphatic rings. The molecule has 27 heavy (non-hydrogen) atoms. The molecule has 2 aliphatic heterocycles. The van der Waals surface area contributed by atoms with Gasteiger partial charge in [0.05, 0.1) is 23.7 Å². The first-order chi connectivity index (χ1) is 12.3. The first kappa shape index (κ1) is 22.9. The van der Waals surface area contributed by atoms with Crippen LogP contribution in [0.2, 0.25) is 0 Å². The van der Waals surface area contributed by atoms with Crippen molar-refractivity contribution < 1.29 is 13.2 Å². The van der Waals surface area contributed by atoms with Gasteiger partial charge in [-0.25, -0.2) is 13.4 Å². The molecule has 6 nitrogen and oxygen atoms in total. The Morgan fingerprint density at radius 3 is 2.85 bits per heavy atom. The second-order valence-corrected chi connectivity index (χ2v) is 11.1. The van der Waals surface area contributed by atoms with Crippen molar-refractivity contribution in [2.75, 3.05) is 24.7 Å². The molecule has 1 aromatic heterocycles. The van der Waals surface area contributed by atoms with Gasteiger partial charge in [-0.15, -0.1) is 35.3 Å². The number of nitrogens with one attached hydrogen (secondary N) is 2. The van der Waals surface area contributed by atoms with Crippen LogP contribution in [0, 0.1) is 5.92 Å². The van der Waals surface area contributed by atoms with E-state index in [4.69, 9.17) is 9.73 Å². The van der Waals surface area contributed by atoms with Crippen LogP contribution in [0.15, 0.2) is 22.5 Å². The van der Waals surface area contributed by atoms with Gasteiger partial charge in [0.15, 0.2) is 15.8 Å². The highest BCUT2D eigenvalue weighted by Crippen LogP contribution is 2.24. The van der Waals surface area contributed by atoms with Gasteiger partial charge in [-0.05, 0) is 50.5 Å². The van der Waals surface area contributed by atoms with Crippen molar-refractivity contribution in [1.82, 2.24) is 10.6 Å². The van der Waals surface area contributed by atoms with Crippen LogP contribution in [0.25, 0.3) is 0 Å². The van der Waals surface area contributed by atoms with Crippen molar-refractivity contribution in [3.8, 4) is 0 Å². The Morgan fingerprint density at radius 1 is 1.41 bits per heavy atom. The molecule has 0 saturated carbocycles. The smallest absolute Gasteiger partial charge is 0.191 e. The Morgan fingerprint density at radius 2 is 2.22 bits per heavy atom. The Kier molecular flexibility index (Phi) is 8.38. The summed E-state index contributed by atoms with van der Waals surface area (Å²) in [5, 5.41) is 8.96. The van der Waals surface area contributed by atoms with E-state index in [-0.39, 0.29) is 41.2 Å².